The van der Waals surface area contributed by atoms with E-state index in [0.717, 1.165) is 26.9 Å². The summed E-state index contributed by atoms with van der Waals surface area (Å²) in [4.78, 5) is 12.7. The molecule has 1 aromatic carbocycles. The lowest BCUT2D eigenvalue weighted by atomic mass is 10.1. The standard InChI is InChI=1S/C14H14Br2N2OS/c1-17-14(19)10-4-2-9(3-5-10)7-18-8-11-6-12(15)13(16)20-11/h2-6,18H,7-8H2,1H3,(H,17,19). The molecule has 0 aliphatic rings. The zero-order chi connectivity index (χ0) is 14.5. The third kappa shape index (κ3) is 4.15. The van der Waals surface area contributed by atoms with Gasteiger partial charge in [-0.1, -0.05) is 12.1 Å². The fraction of sp³-hybridized carbons (Fsp3) is 0.214. The van der Waals surface area contributed by atoms with Gasteiger partial charge in [0.15, 0.2) is 0 Å². The lowest BCUT2D eigenvalue weighted by Gasteiger charge is -2.05. The minimum atomic E-state index is -0.0576. The first-order valence-electron chi connectivity index (χ1n) is 6.05. The van der Waals surface area contributed by atoms with Gasteiger partial charge < -0.3 is 10.6 Å². The summed E-state index contributed by atoms with van der Waals surface area (Å²) in [6.45, 7) is 1.60. The average molecular weight is 418 g/mol. The molecule has 3 nitrogen and oxygen atoms in total. The Morgan fingerprint density at radius 1 is 1.20 bits per heavy atom. The van der Waals surface area contributed by atoms with Gasteiger partial charge in [-0.2, -0.15) is 0 Å². The number of amides is 1. The topological polar surface area (TPSA) is 41.1 Å². The highest BCUT2D eigenvalue weighted by molar-refractivity contribution is 9.13. The number of rotatable bonds is 5. The van der Waals surface area contributed by atoms with Crippen LogP contribution < -0.4 is 10.6 Å². The fourth-order valence-electron chi connectivity index (χ4n) is 1.73. The Balaban J connectivity index is 1.86. The van der Waals surface area contributed by atoms with Crippen molar-refractivity contribution in [2.45, 2.75) is 13.1 Å². The summed E-state index contributed by atoms with van der Waals surface area (Å²) >= 11 is 8.68. The SMILES string of the molecule is CNC(=O)c1ccc(CNCc2cc(Br)c(Br)s2)cc1. The van der Waals surface area contributed by atoms with Crippen molar-refractivity contribution in [3.05, 3.63) is 54.6 Å². The maximum Gasteiger partial charge on any atom is 0.251 e. The predicted octanol–water partition coefficient (Wildman–Crippen LogP) is 3.92. The van der Waals surface area contributed by atoms with Gasteiger partial charge in [0, 0.05) is 35.1 Å². The van der Waals surface area contributed by atoms with Gasteiger partial charge in [0.1, 0.15) is 0 Å². The van der Waals surface area contributed by atoms with Crippen LogP contribution in [0.15, 0.2) is 38.6 Å². The summed E-state index contributed by atoms with van der Waals surface area (Å²) < 4.78 is 2.21. The average Bonchev–Trinajstić information content (AvgIpc) is 2.77. The summed E-state index contributed by atoms with van der Waals surface area (Å²) in [5, 5.41) is 6.00. The molecule has 0 atom stereocenters. The van der Waals surface area contributed by atoms with Crippen LogP contribution in [0.25, 0.3) is 0 Å². The van der Waals surface area contributed by atoms with Crippen molar-refractivity contribution in [3.63, 3.8) is 0 Å². The molecule has 0 bridgehead atoms. The summed E-state index contributed by atoms with van der Waals surface area (Å²) in [5.74, 6) is -0.0576. The Labute approximate surface area is 139 Å². The van der Waals surface area contributed by atoms with Crippen LogP contribution in [0.3, 0.4) is 0 Å². The van der Waals surface area contributed by atoms with Crippen molar-refractivity contribution in [2.24, 2.45) is 0 Å². The monoisotopic (exact) mass is 416 g/mol. The Morgan fingerprint density at radius 3 is 2.45 bits per heavy atom. The Hall–Kier alpha value is -0.690. The molecule has 2 aromatic rings. The largest absolute Gasteiger partial charge is 0.355 e. The molecule has 20 heavy (non-hydrogen) atoms. The maximum absolute atomic E-state index is 11.4. The van der Waals surface area contributed by atoms with Crippen LogP contribution in [0.1, 0.15) is 20.8 Å². The van der Waals surface area contributed by atoms with E-state index in [1.54, 1.807) is 18.4 Å². The van der Waals surface area contributed by atoms with E-state index in [0.29, 0.717) is 5.56 Å². The molecule has 1 heterocycles. The van der Waals surface area contributed by atoms with Crippen LogP contribution in [0, 0.1) is 0 Å². The number of benzene rings is 1. The first-order valence-corrected chi connectivity index (χ1v) is 8.46. The summed E-state index contributed by atoms with van der Waals surface area (Å²) in [6, 6.07) is 9.73. The molecule has 1 amide bonds. The van der Waals surface area contributed by atoms with Crippen molar-refractivity contribution in [1.82, 2.24) is 10.6 Å². The molecule has 0 unspecified atom stereocenters. The first kappa shape index (κ1) is 15.7. The predicted molar refractivity (Wildman–Crippen MR) is 90.1 cm³/mol. The molecule has 2 N–H and O–H groups in total. The highest BCUT2D eigenvalue weighted by Gasteiger charge is 2.04. The van der Waals surface area contributed by atoms with E-state index in [9.17, 15) is 4.79 Å². The minimum Gasteiger partial charge on any atom is -0.355 e. The highest BCUT2D eigenvalue weighted by Crippen LogP contribution is 2.32. The first-order chi connectivity index (χ1) is 9.60. The number of hydrogen-bond donors (Lipinski definition) is 2. The molecular formula is C14H14Br2N2OS. The molecule has 0 saturated heterocycles. The van der Waals surface area contributed by atoms with Gasteiger partial charge in [0.25, 0.3) is 5.91 Å². The van der Waals surface area contributed by atoms with Crippen molar-refractivity contribution >= 4 is 49.1 Å². The zero-order valence-corrected chi connectivity index (χ0v) is 14.9. The Kier molecular flexibility index (Phi) is 5.77. The van der Waals surface area contributed by atoms with E-state index in [1.165, 1.54) is 4.88 Å². The van der Waals surface area contributed by atoms with Gasteiger partial charge in [-0.3, -0.25) is 4.79 Å². The van der Waals surface area contributed by atoms with E-state index in [4.69, 9.17) is 0 Å². The van der Waals surface area contributed by atoms with E-state index >= 15 is 0 Å². The number of halogens is 2. The van der Waals surface area contributed by atoms with Gasteiger partial charge in [-0.15, -0.1) is 11.3 Å². The number of carbonyl (C=O) groups excluding carboxylic acids is 1. The fourth-order valence-corrected chi connectivity index (χ4v) is 3.87. The number of carbonyl (C=O) groups is 1. The summed E-state index contributed by atoms with van der Waals surface area (Å²) in [5.41, 5.74) is 1.84. The van der Waals surface area contributed by atoms with Crippen LogP contribution in [-0.2, 0) is 13.1 Å². The maximum atomic E-state index is 11.4. The molecule has 0 aliphatic carbocycles. The van der Waals surface area contributed by atoms with Gasteiger partial charge in [0.2, 0.25) is 0 Å². The molecule has 2 rings (SSSR count). The quantitative estimate of drug-likeness (QED) is 0.773. The molecular weight excluding hydrogens is 404 g/mol. The Bertz CT molecular complexity index is 576. The molecule has 106 valence electrons. The third-order valence-corrected chi connectivity index (χ3v) is 6.02. The van der Waals surface area contributed by atoms with Crippen molar-refractivity contribution in [3.8, 4) is 0 Å². The normalized spacial score (nSPS) is 10.6. The van der Waals surface area contributed by atoms with Gasteiger partial charge >= 0.3 is 0 Å². The van der Waals surface area contributed by atoms with Crippen LogP contribution in [-0.4, -0.2) is 13.0 Å². The van der Waals surface area contributed by atoms with Gasteiger partial charge in [-0.25, -0.2) is 0 Å². The summed E-state index contributed by atoms with van der Waals surface area (Å²) in [7, 11) is 1.63. The zero-order valence-electron chi connectivity index (χ0n) is 10.9. The molecule has 0 radical (unpaired) electrons. The van der Waals surface area contributed by atoms with E-state index in [2.05, 4.69) is 48.6 Å². The smallest absolute Gasteiger partial charge is 0.251 e. The molecule has 0 aliphatic heterocycles. The van der Waals surface area contributed by atoms with Crippen LogP contribution >= 0.6 is 43.2 Å². The molecule has 0 saturated carbocycles. The number of nitrogens with one attached hydrogen (secondary N) is 2. The van der Waals surface area contributed by atoms with E-state index in [-0.39, 0.29) is 5.91 Å². The third-order valence-electron chi connectivity index (χ3n) is 2.77. The van der Waals surface area contributed by atoms with Crippen LogP contribution in [0.5, 0.6) is 0 Å². The lowest BCUT2D eigenvalue weighted by Crippen LogP contribution is -2.18. The Morgan fingerprint density at radius 2 is 1.90 bits per heavy atom. The van der Waals surface area contributed by atoms with Gasteiger partial charge in [-0.05, 0) is 55.6 Å². The second-order valence-electron chi connectivity index (χ2n) is 4.21. The molecule has 0 spiro atoms. The van der Waals surface area contributed by atoms with Crippen molar-refractivity contribution in [2.75, 3.05) is 7.05 Å². The van der Waals surface area contributed by atoms with Crippen LogP contribution in [0.2, 0.25) is 0 Å². The molecule has 6 heteroatoms. The minimum absolute atomic E-state index is 0.0576. The van der Waals surface area contributed by atoms with Crippen molar-refractivity contribution < 1.29 is 4.79 Å². The number of hydrogen-bond acceptors (Lipinski definition) is 3. The van der Waals surface area contributed by atoms with Crippen LogP contribution in [0.4, 0.5) is 0 Å². The second-order valence-corrected chi connectivity index (χ2v) is 7.52. The summed E-state index contributed by atoms with van der Waals surface area (Å²) in [6.07, 6.45) is 0. The molecule has 0 fully saturated rings. The van der Waals surface area contributed by atoms with Crippen molar-refractivity contribution in [1.29, 1.82) is 0 Å². The lowest BCUT2D eigenvalue weighted by molar-refractivity contribution is 0.0963. The van der Waals surface area contributed by atoms with E-state index in [1.807, 2.05) is 24.3 Å². The second kappa shape index (κ2) is 7.36. The number of thiophene rings is 1. The van der Waals surface area contributed by atoms with E-state index < -0.39 is 0 Å². The highest BCUT2D eigenvalue weighted by atomic mass is 79.9. The van der Waals surface area contributed by atoms with Gasteiger partial charge in [0.05, 0.1) is 3.79 Å². The molecule has 1 aromatic heterocycles.